The van der Waals surface area contributed by atoms with Crippen molar-refractivity contribution in [1.29, 1.82) is 0 Å². The molecule has 9 heteroatoms. The maximum absolute atomic E-state index is 12.9. The van der Waals surface area contributed by atoms with Crippen LogP contribution in [-0.4, -0.2) is 80.0 Å². The number of fused-ring (bicyclic) bond motifs is 1. The number of hydrogen-bond acceptors (Lipinski definition) is 5. The second-order valence-electron chi connectivity index (χ2n) is 7.16. The number of likely N-dealkylation sites (N-methyl/N-ethyl adjacent to an activating group) is 2. The van der Waals surface area contributed by atoms with Crippen molar-refractivity contribution in [2.45, 2.75) is 37.8 Å². The van der Waals surface area contributed by atoms with Crippen molar-refractivity contribution in [3.63, 3.8) is 0 Å². The minimum Gasteiger partial charge on any atom is -0.342 e. The average molecular weight is 346 g/mol. The number of nitrogens with zero attached hydrogens (tertiary/aromatic N) is 6. The first-order chi connectivity index (χ1) is 11.9. The van der Waals surface area contributed by atoms with Gasteiger partial charge in [-0.1, -0.05) is 0 Å². The molecule has 4 rings (SSSR count). The van der Waals surface area contributed by atoms with Crippen molar-refractivity contribution in [3.05, 3.63) is 12.2 Å². The Hall–Kier alpha value is -2.45. The Morgan fingerprint density at radius 3 is 2.60 bits per heavy atom. The quantitative estimate of drug-likeness (QED) is 0.653. The summed E-state index contributed by atoms with van der Waals surface area (Å²) in [5.41, 5.74) is -0.783. The minimum absolute atomic E-state index is 0.0930. The molecule has 1 atom stereocenters. The van der Waals surface area contributed by atoms with E-state index in [4.69, 9.17) is 0 Å². The summed E-state index contributed by atoms with van der Waals surface area (Å²) in [6.45, 7) is 1.56. The monoisotopic (exact) mass is 346 g/mol. The molecule has 0 bridgehead atoms. The highest BCUT2D eigenvalue weighted by Crippen LogP contribution is 2.36. The van der Waals surface area contributed by atoms with Gasteiger partial charge in [-0.25, -0.2) is 14.5 Å². The third-order valence-corrected chi connectivity index (χ3v) is 5.98. The van der Waals surface area contributed by atoms with Crippen molar-refractivity contribution in [1.82, 2.24) is 29.5 Å². The first-order valence-electron chi connectivity index (χ1n) is 8.65. The number of carbonyl (C=O) groups is 3. The summed E-state index contributed by atoms with van der Waals surface area (Å²) >= 11 is 0. The van der Waals surface area contributed by atoms with Crippen LogP contribution in [0.4, 0.5) is 4.79 Å². The number of aromatic nitrogens is 3. The van der Waals surface area contributed by atoms with Gasteiger partial charge in [0.1, 0.15) is 17.7 Å². The standard InChI is InChI=1S/C16H22N6O3/c1-19-14(24)16(20(2)15(19)25)5-7-21(8-6-16)13(23)11-3-4-12-17-10-18-22(12)9-11/h10-11H,3-9H2,1-2H3. The maximum atomic E-state index is 12.9. The first kappa shape index (κ1) is 16.0. The summed E-state index contributed by atoms with van der Waals surface area (Å²) < 4.78 is 1.80. The average Bonchev–Trinajstić information content (AvgIpc) is 3.17. The molecule has 2 fully saturated rings. The Morgan fingerprint density at radius 2 is 1.96 bits per heavy atom. The van der Waals surface area contributed by atoms with Crippen LogP contribution in [-0.2, 0) is 22.6 Å². The van der Waals surface area contributed by atoms with E-state index in [2.05, 4.69) is 10.1 Å². The molecule has 3 aliphatic rings. The second-order valence-corrected chi connectivity index (χ2v) is 7.16. The van der Waals surface area contributed by atoms with Crippen LogP contribution in [0, 0.1) is 5.92 Å². The molecule has 3 aliphatic heterocycles. The molecule has 0 N–H and O–H groups in total. The Kier molecular flexibility index (Phi) is 3.55. The van der Waals surface area contributed by atoms with Gasteiger partial charge in [0.2, 0.25) is 5.91 Å². The second kappa shape index (κ2) is 5.53. The van der Waals surface area contributed by atoms with Crippen LogP contribution < -0.4 is 0 Å². The number of urea groups is 1. The lowest BCUT2D eigenvalue weighted by molar-refractivity contribution is -0.143. The zero-order valence-electron chi connectivity index (χ0n) is 14.5. The van der Waals surface area contributed by atoms with E-state index in [1.807, 2.05) is 4.90 Å². The van der Waals surface area contributed by atoms with Gasteiger partial charge in [0.05, 0.1) is 12.5 Å². The fourth-order valence-electron chi connectivity index (χ4n) is 4.29. The molecule has 2 saturated heterocycles. The Morgan fingerprint density at radius 1 is 1.24 bits per heavy atom. The zero-order chi connectivity index (χ0) is 17.8. The lowest BCUT2D eigenvalue weighted by atomic mass is 9.85. The van der Waals surface area contributed by atoms with Crippen LogP contribution in [0.2, 0.25) is 0 Å². The predicted octanol–water partition coefficient (Wildman–Crippen LogP) is -0.274. The molecule has 0 saturated carbocycles. The maximum Gasteiger partial charge on any atom is 0.327 e. The summed E-state index contributed by atoms with van der Waals surface area (Å²) in [6.07, 6.45) is 4.05. The van der Waals surface area contributed by atoms with Gasteiger partial charge in [0.25, 0.3) is 5.91 Å². The third kappa shape index (κ3) is 2.25. The highest BCUT2D eigenvalue weighted by atomic mass is 16.2. The molecule has 0 radical (unpaired) electrons. The van der Waals surface area contributed by atoms with Crippen LogP contribution in [0.5, 0.6) is 0 Å². The number of piperidine rings is 1. The highest BCUT2D eigenvalue weighted by molar-refractivity contribution is 6.06. The van der Waals surface area contributed by atoms with Crippen LogP contribution in [0.25, 0.3) is 0 Å². The van der Waals surface area contributed by atoms with Gasteiger partial charge in [-0.2, -0.15) is 5.10 Å². The molecular weight excluding hydrogens is 324 g/mol. The first-order valence-corrected chi connectivity index (χ1v) is 8.65. The SMILES string of the molecule is CN1C(=O)N(C)C2(CCN(C(=O)C3CCc4ncnn4C3)CC2)C1=O. The lowest BCUT2D eigenvalue weighted by Crippen LogP contribution is -2.57. The lowest BCUT2D eigenvalue weighted by Gasteiger charge is -2.42. The van der Waals surface area contributed by atoms with E-state index in [-0.39, 0.29) is 23.8 Å². The molecule has 4 heterocycles. The smallest absolute Gasteiger partial charge is 0.327 e. The topological polar surface area (TPSA) is 91.6 Å². The zero-order valence-corrected chi connectivity index (χ0v) is 14.5. The molecule has 1 aromatic rings. The van der Waals surface area contributed by atoms with Gasteiger partial charge in [-0.15, -0.1) is 0 Å². The normalized spacial score (nSPS) is 25.7. The van der Waals surface area contributed by atoms with Crippen molar-refractivity contribution in [2.24, 2.45) is 5.92 Å². The number of amides is 4. The number of carbonyl (C=O) groups excluding carboxylic acids is 3. The van der Waals surface area contributed by atoms with Crippen LogP contribution >= 0.6 is 0 Å². The van der Waals surface area contributed by atoms with Gasteiger partial charge >= 0.3 is 6.03 Å². The number of hydrogen-bond donors (Lipinski definition) is 0. The largest absolute Gasteiger partial charge is 0.342 e. The number of imide groups is 1. The van der Waals surface area contributed by atoms with E-state index in [9.17, 15) is 14.4 Å². The van der Waals surface area contributed by atoms with E-state index in [1.165, 1.54) is 18.3 Å². The molecule has 0 aliphatic carbocycles. The van der Waals surface area contributed by atoms with E-state index >= 15 is 0 Å². The molecule has 0 aromatic carbocycles. The van der Waals surface area contributed by atoms with Crippen molar-refractivity contribution < 1.29 is 14.4 Å². The predicted molar refractivity (Wildman–Crippen MR) is 86.3 cm³/mol. The Bertz CT molecular complexity index is 736. The molecule has 1 spiro atoms. The van der Waals surface area contributed by atoms with E-state index in [1.54, 1.807) is 16.6 Å². The van der Waals surface area contributed by atoms with Crippen LogP contribution in [0.3, 0.4) is 0 Å². The third-order valence-electron chi connectivity index (χ3n) is 5.98. The molecule has 1 unspecified atom stereocenters. The number of rotatable bonds is 1. The van der Waals surface area contributed by atoms with Gasteiger partial charge in [-0.3, -0.25) is 14.5 Å². The van der Waals surface area contributed by atoms with Crippen molar-refractivity contribution in [2.75, 3.05) is 27.2 Å². The fourth-order valence-corrected chi connectivity index (χ4v) is 4.29. The molecule has 25 heavy (non-hydrogen) atoms. The van der Waals surface area contributed by atoms with Crippen molar-refractivity contribution in [3.8, 4) is 0 Å². The van der Waals surface area contributed by atoms with Gasteiger partial charge < -0.3 is 9.80 Å². The molecule has 1 aromatic heterocycles. The van der Waals surface area contributed by atoms with Gasteiger partial charge in [-0.05, 0) is 19.3 Å². The summed E-state index contributed by atoms with van der Waals surface area (Å²) in [5.74, 6) is 0.798. The van der Waals surface area contributed by atoms with E-state index < -0.39 is 5.54 Å². The van der Waals surface area contributed by atoms with Gasteiger partial charge in [0.15, 0.2) is 0 Å². The van der Waals surface area contributed by atoms with E-state index in [0.717, 1.165) is 18.7 Å². The number of likely N-dealkylation sites (tertiary alicyclic amines) is 1. The Balaban J connectivity index is 1.43. The summed E-state index contributed by atoms with van der Waals surface area (Å²) in [4.78, 5) is 46.2. The van der Waals surface area contributed by atoms with Crippen LogP contribution in [0.1, 0.15) is 25.1 Å². The molecular formula is C16H22N6O3. The Labute approximate surface area is 145 Å². The highest BCUT2D eigenvalue weighted by Gasteiger charge is 2.55. The molecule has 134 valence electrons. The summed E-state index contributed by atoms with van der Waals surface area (Å²) in [6, 6.07) is -0.268. The fraction of sp³-hybridized carbons (Fsp3) is 0.688. The van der Waals surface area contributed by atoms with Gasteiger partial charge in [0, 0.05) is 33.6 Å². The van der Waals surface area contributed by atoms with E-state index in [0.29, 0.717) is 32.5 Å². The van der Waals surface area contributed by atoms with Crippen LogP contribution in [0.15, 0.2) is 6.33 Å². The molecule has 9 nitrogen and oxygen atoms in total. The summed E-state index contributed by atoms with van der Waals surface area (Å²) in [5, 5.41) is 4.17. The minimum atomic E-state index is -0.783. The number of aryl methyl sites for hydroxylation is 1. The van der Waals surface area contributed by atoms with Crippen molar-refractivity contribution >= 4 is 17.8 Å². The summed E-state index contributed by atoms with van der Waals surface area (Å²) in [7, 11) is 3.19. The molecule has 4 amide bonds.